The van der Waals surface area contributed by atoms with Crippen molar-refractivity contribution < 1.29 is 32.3 Å². The Hall–Kier alpha value is -1.03. The summed E-state index contributed by atoms with van der Waals surface area (Å²) in [6.45, 7) is 1.62. The van der Waals surface area contributed by atoms with Crippen molar-refractivity contribution in [3.63, 3.8) is 0 Å². The fourth-order valence-corrected chi connectivity index (χ4v) is 3.06. The minimum atomic E-state index is -4.05. The lowest BCUT2D eigenvalue weighted by molar-refractivity contribution is -0.257. The van der Waals surface area contributed by atoms with Crippen LogP contribution >= 0.6 is 0 Å². The highest BCUT2D eigenvalue weighted by Gasteiger charge is 2.41. The Bertz CT molecular complexity index is 569. The van der Waals surface area contributed by atoms with Crippen LogP contribution < -0.4 is 0 Å². The lowest BCUT2D eigenvalue weighted by atomic mass is 10.1. The quantitative estimate of drug-likeness (QED) is 0.741. The van der Waals surface area contributed by atoms with Gasteiger partial charge in [0.1, 0.15) is 18.3 Å². The second-order valence-electron chi connectivity index (χ2n) is 4.82. The third kappa shape index (κ3) is 3.60. The molecule has 21 heavy (non-hydrogen) atoms. The van der Waals surface area contributed by atoms with Crippen molar-refractivity contribution in [1.29, 1.82) is 0 Å². The molecule has 0 aromatic heterocycles. The number of methoxy groups -OCH3 is 1. The number of hydrogen-bond acceptors (Lipinski definition) is 7. The maximum atomic E-state index is 12.1. The van der Waals surface area contributed by atoms with Crippen LogP contribution in [0.25, 0.3) is 0 Å². The molecule has 7 nitrogen and oxygen atoms in total. The second-order valence-corrected chi connectivity index (χ2v) is 6.39. The molecule has 0 spiro atoms. The van der Waals surface area contributed by atoms with E-state index in [4.69, 9.17) is 13.7 Å². The number of benzene rings is 1. The largest absolute Gasteiger partial charge is 0.387 e. The second kappa shape index (κ2) is 6.39. The molecular weight excluding hydrogens is 300 g/mol. The van der Waals surface area contributed by atoms with E-state index in [9.17, 15) is 18.6 Å². The summed E-state index contributed by atoms with van der Waals surface area (Å²) in [4.78, 5) is -0.0244. The molecule has 1 aromatic carbocycles. The molecule has 0 bridgehead atoms. The molecule has 0 aliphatic carbocycles. The van der Waals surface area contributed by atoms with Crippen molar-refractivity contribution in [2.45, 2.75) is 36.4 Å². The molecule has 1 saturated heterocycles. The minimum absolute atomic E-state index is 0.0244. The zero-order valence-corrected chi connectivity index (χ0v) is 12.5. The van der Waals surface area contributed by atoms with Crippen LogP contribution in [-0.4, -0.2) is 56.9 Å². The summed E-state index contributed by atoms with van der Waals surface area (Å²) < 4.78 is 39.1. The van der Waals surface area contributed by atoms with Crippen molar-refractivity contribution in [1.82, 2.24) is 0 Å². The van der Waals surface area contributed by atoms with Crippen LogP contribution in [0.1, 0.15) is 5.56 Å². The van der Waals surface area contributed by atoms with Crippen LogP contribution in [0.3, 0.4) is 0 Å². The van der Waals surface area contributed by atoms with Gasteiger partial charge in [-0.2, -0.15) is 8.42 Å². The molecule has 1 heterocycles. The van der Waals surface area contributed by atoms with Gasteiger partial charge in [0, 0.05) is 7.11 Å². The molecule has 0 radical (unpaired) electrons. The Kier molecular flexibility index (Phi) is 4.97. The fraction of sp³-hybridized carbons (Fsp3) is 0.538. The molecule has 1 aliphatic heterocycles. The Morgan fingerprint density at radius 1 is 1.19 bits per heavy atom. The van der Waals surface area contributed by atoms with Gasteiger partial charge < -0.3 is 19.7 Å². The smallest absolute Gasteiger partial charge is 0.297 e. The van der Waals surface area contributed by atoms with Gasteiger partial charge in [-0.05, 0) is 19.1 Å². The molecule has 2 N–H and O–H groups in total. The van der Waals surface area contributed by atoms with Crippen LogP contribution in [0.5, 0.6) is 0 Å². The van der Waals surface area contributed by atoms with Crippen LogP contribution in [0.4, 0.5) is 0 Å². The highest BCUT2D eigenvalue weighted by atomic mass is 32.2. The van der Waals surface area contributed by atoms with Crippen molar-refractivity contribution in [3.05, 3.63) is 29.8 Å². The van der Waals surface area contributed by atoms with Crippen LogP contribution in [0.2, 0.25) is 0 Å². The Balaban J connectivity index is 2.12. The van der Waals surface area contributed by atoms with Gasteiger partial charge >= 0.3 is 0 Å². The first kappa shape index (κ1) is 16.3. The average molecular weight is 318 g/mol. The Morgan fingerprint density at radius 2 is 1.81 bits per heavy atom. The molecule has 0 amide bonds. The molecule has 1 fully saturated rings. The molecule has 0 saturated carbocycles. The van der Waals surface area contributed by atoms with E-state index in [1.54, 1.807) is 12.1 Å². The molecule has 1 aliphatic rings. The van der Waals surface area contributed by atoms with Gasteiger partial charge in [-0.15, -0.1) is 0 Å². The lowest BCUT2D eigenvalue weighted by Crippen LogP contribution is -2.54. The summed E-state index contributed by atoms with van der Waals surface area (Å²) in [6, 6.07) is 6.10. The van der Waals surface area contributed by atoms with E-state index in [1.165, 1.54) is 19.2 Å². The highest BCUT2D eigenvalue weighted by Crippen LogP contribution is 2.23. The number of aliphatic hydroxyl groups excluding tert-OH is 2. The predicted molar refractivity (Wildman–Crippen MR) is 72.0 cm³/mol. The van der Waals surface area contributed by atoms with E-state index >= 15 is 0 Å². The minimum Gasteiger partial charge on any atom is -0.387 e. The monoisotopic (exact) mass is 318 g/mol. The van der Waals surface area contributed by atoms with Gasteiger partial charge in [0.2, 0.25) is 0 Å². The third-order valence-electron chi connectivity index (χ3n) is 3.23. The van der Waals surface area contributed by atoms with Gasteiger partial charge in [0.05, 0.1) is 11.5 Å². The maximum absolute atomic E-state index is 12.1. The van der Waals surface area contributed by atoms with Gasteiger partial charge in [0.15, 0.2) is 6.29 Å². The van der Waals surface area contributed by atoms with Gasteiger partial charge in [-0.1, -0.05) is 17.7 Å². The first-order valence-electron chi connectivity index (χ1n) is 6.35. The van der Waals surface area contributed by atoms with Gasteiger partial charge in [0.25, 0.3) is 10.1 Å². The number of ether oxygens (including phenoxy) is 2. The normalized spacial score (nSPS) is 30.3. The van der Waals surface area contributed by atoms with E-state index < -0.39 is 34.7 Å². The van der Waals surface area contributed by atoms with Crippen LogP contribution in [-0.2, 0) is 23.8 Å². The molecular formula is C13H18O7S. The summed E-state index contributed by atoms with van der Waals surface area (Å²) in [6.07, 6.45) is -5.02. The van der Waals surface area contributed by atoms with Crippen molar-refractivity contribution in [2.75, 3.05) is 13.7 Å². The van der Waals surface area contributed by atoms with Crippen molar-refractivity contribution in [2.24, 2.45) is 0 Å². The van der Waals surface area contributed by atoms with Gasteiger partial charge in [-0.25, -0.2) is 0 Å². The fourth-order valence-electron chi connectivity index (χ4n) is 1.98. The zero-order chi connectivity index (χ0) is 15.6. The van der Waals surface area contributed by atoms with E-state index in [2.05, 4.69) is 0 Å². The lowest BCUT2D eigenvalue weighted by Gasteiger charge is -2.35. The number of aryl methyl sites for hydroxylation is 1. The number of aliphatic hydroxyl groups is 2. The average Bonchev–Trinajstić information content (AvgIpc) is 2.44. The first-order valence-corrected chi connectivity index (χ1v) is 7.76. The third-order valence-corrected chi connectivity index (χ3v) is 4.58. The van der Waals surface area contributed by atoms with E-state index in [-0.39, 0.29) is 11.5 Å². The van der Waals surface area contributed by atoms with Crippen LogP contribution in [0.15, 0.2) is 29.2 Å². The molecule has 4 atom stereocenters. The Morgan fingerprint density at radius 3 is 2.38 bits per heavy atom. The molecule has 0 unspecified atom stereocenters. The summed E-state index contributed by atoms with van der Waals surface area (Å²) in [5.74, 6) is 0. The summed E-state index contributed by atoms with van der Waals surface area (Å²) >= 11 is 0. The molecule has 2 rings (SSSR count). The molecule has 8 heteroatoms. The molecule has 118 valence electrons. The predicted octanol–water partition coefficient (Wildman–Crippen LogP) is -0.207. The Labute approximate surface area is 123 Å². The SMILES string of the molecule is CO[C@H]1OC[C@@H](OS(=O)(=O)c2ccc(C)cc2)[C@H](O)[C@H]1O. The summed E-state index contributed by atoms with van der Waals surface area (Å²) in [7, 11) is -2.74. The summed E-state index contributed by atoms with van der Waals surface area (Å²) in [5.41, 5.74) is 0.911. The van der Waals surface area contributed by atoms with E-state index in [1.807, 2.05) is 6.92 Å². The highest BCUT2D eigenvalue weighted by molar-refractivity contribution is 7.86. The first-order chi connectivity index (χ1) is 9.85. The van der Waals surface area contributed by atoms with Crippen LogP contribution in [0, 0.1) is 6.92 Å². The van der Waals surface area contributed by atoms with Crippen molar-refractivity contribution in [3.8, 4) is 0 Å². The van der Waals surface area contributed by atoms with Gasteiger partial charge in [-0.3, -0.25) is 4.18 Å². The zero-order valence-electron chi connectivity index (χ0n) is 11.7. The maximum Gasteiger partial charge on any atom is 0.297 e. The molecule has 1 aromatic rings. The summed E-state index contributed by atoms with van der Waals surface area (Å²) in [5, 5.41) is 19.6. The number of hydrogen-bond donors (Lipinski definition) is 2. The number of rotatable bonds is 4. The standard InChI is InChI=1S/C13H18O7S/c1-8-3-5-9(6-4-8)21(16,17)20-10-7-19-13(18-2)12(15)11(10)14/h3-6,10-15H,7H2,1-2H3/t10-,11+,12-,13+/m1/s1. The topological polar surface area (TPSA) is 102 Å². The van der Waals surface area contributed by atoms with E-state index in [0.717, 1.165) is 5.56 Å². The van der Waals surface area contributed by atoms with Crippen molar-refractivity contribution >= 4 is 10.1 Å². The van der Waals surface area contributed by atoms with E-state index in [0.29, 0.717) is 0 Å².